The summed E-state index contributed by atoms with van der Waals surface area (Å²) in [7, 11) is 0. The van der Waals surface area contributed by atoms with E-state index < -0.39 is 5.97 Å². The van der Waals surface area contributed by atoms with Crippen LogP contribution in [0.2, 0.25) is 0 Å². The summed E-state index contributed by atoms with van der Waals surface area (Å²) in [6.45, 7) is 0. The number of carboxylic acids is 1. The molecule has 0 fully saturated rings. The van der Waals surface area contributed by atoms with Crippen molar-refractivity contribution in [2.24, 2.45) is 0 Å². The average molecular weight is 285 g/mol. The van der Waals surface area contributed by atoms with Gasteiger partial charge < -0.3 is 9.67 Å². The Bertz CT molecular complexity index is 710. The predicted molar refractivity (Wildman–Crippen MR) is 84.2 cm³/mol. The monoisotopic (exact) mass is 285 g/mol. The van der Waals surface area contributed by atoms with E-state index in [1.54, 1.807) is 11.8 Å². The zero-order chi connectivity index (χ0) is 13.9. The highest BCUT2D eigenvalue weighted by molar-refractivity contribution is 7.98. The second-order valence-corrected chi connectivity index (χ2v) is 5.72. The summed E-state index contributed by atoms with van der Waals surface area (Å²) in [4.78, 5) is 10.6. The lowest BCUT2D eigenvalue weighted by Gasteiger charge is -2.06. The Morgan fingerprint density at radius 3 is 2.10 bits per heavy atom. The Labute approximate surface area is 121 Å². The highest BCUT2D eigenvalue weighted by Gasteiger charge is 2.09. The quantitative estimate of drug-likeness (QED) is 0.721. The summed E-state index contributed by atoms with van der Waals surface area (Å²) in [6, 6.07) is 16.7. The van der Waals surface area contributed by atoms with Gasteiger partial charge in [-0.2, -0.15) is 0 Å². The minimum atomic E-state index is -0.736. The van der Waals surface area contributed by atoms with Gasteiger partial charge >= 0.3 is 5.97 Å². The SMILES string of the molecule is O=C(O)CCSCn1c2ccccc2c2ccccc21. The Morgan fingerprint density at radius 2 is 1.55 bits per heavy atom. The number of aromatic nitrogens is 1. The number of carboxylic acid groups (broad SMARTS) is 1. The van der Waals surface area contributed by atoms with E-state index in [2.05, 4.69) is 41.0 Å². The molecule has 4 heteroatoms. The number of benzene rings is 2. The van der Waals surface area contributed by atoms with E-state index in [-0.39, 0.29) is 6.42 Å². The maximum absolute atomic E-state index is 10.6. The fourth-order valence-electron chi connectivity index (χ4n) is 2.46. The molecule has 1 aromatic heterocycles. The molecule has 2 aromatic carbocycles. The molecule has 102 valence electrons. The summed E-state index contributed by atoms with van der Waals surface area (Å²) in [5.74, 6) is 0.678. The van der Waals surface area contributed by atoms with Gasteiger partial charge in [-0.1, -0.05) is 36.4 Å². The number of rotatable bonds is 5. The summed E-state index contributed by atoms with van der Waals surface area (Å²) >= 11 is 1.65. The maximum atomic E-state index is 10.6. The molecule has 1 N–H and O–H groups in total. The minimum absolute atomic E-state index is 0.210. The molecule has 0 aliphatic heterocycles. The molecule has 3 rings (SSSR count). The number of nitrogens with zero attached hydrogens (tertiary/aromatic N) is 1. The van der Waals surface area contributed by atoms with E-state index in [1.165, 1.54) is 21.8 Å². The van der Waals surface area contributed by atoms with Crippen molar-refractivity contribution in [1.29, 1.82) is 0 Å². The molecule has 0 bridgehead atoms. The molecule has 3 aromatic rings. The van der Waals surface area contributed by atoms with Crippen LogP contribution < -0.4 is 0 Å². The van der Waals surface area contributed by atoms with Crippen LogP contribution >= 0.6 is 11.8 Å². The lowest BCUT2D eigenvalue weighted by Crippen LogP contribution is -1.99. The zero-order valence-electron chi connectivity index (χ0n) is 11.0. The van der Waals surface area contributed by atoms with Crippen LogP contribution in [-0.4, -0.2) is 21.4 Å². The van der Waals surface area contributed by atoms with Crippen molar-refractivity contribution >= 4 is 39.5 Å². The van der Waals surface area contributed by atoms with Crippen molar-refractivity contribution in [2.45, 2.75) is 12.3 Å². The van der Waals surface area contributed by atoms with E-state index in [9.17, 15) is 4.79 Å². The standard InChI is InChI=1S/C16H15NO2S/c18-16(19)9-10-20-11-17-14-7-3-1-5-12(14)13-6-2-4-8-15(13)17/h1-8H,9-11H2,(H,18,19). The Hall–Kier alpha value is -1.94. The Kier molecular flexibility index (Phi) is 3.65. The smallest absolute Gasteiger partial charge is 0.304 e. The van der Waals surface area contributed by atoms with Crippen LogP contribution in [-0.2, 0) is 10.7 Å². The largest absolute Gasteiger partial charge is 0.481 e. The highest BCUT2D eigenvalue weighted by atomic mass is 32.2. The number of fused-ring (bicyclic) bond motifs is 3. The molecular weight excluding hydrogens is 270 g/mol. The van der Waals surface area contributed by atoms with Gasteiger partial charge in [0.25, 0.3) is 0 Å². The molecule has 0 aliphatic rings. The third-order valence-corrected chi connectivity index (χ3v) is 4.29. The number of hydrogen-bond donors (Lipinski definition) is 1. The fourth-order valence-corrected chi connectivity index (χ4v) is 3.37. The number of aliphatic carboxylic acids is 1. The molecular formula is C16H15NO2S. The molecule has 0 radical (unpaired) electrons. The average Bonchev–Trinajstić information content (AvgIpc) is 2.78. The van der Waals surface area contributed by atoms with Crippen molar-refractivity contribution in [3.8, 4) is 0 Å². The lowest BCUT2D eigenvalue weighted by molar-refractivity contribution is -0.136. The molecule has 20 heavy (non-hydrogen) atoms. The molecule has 0 atom stereocenters. The minimum Gasteiger partial charge on any atom is -0.481 e. The molecule has 1 heterocycles. The van der Waals surface area contributed by atoms with E-state index in [4.69, 9.17) is 5.11 Å². The topological polar surface area (TPSA) is 42.2 Å². The summed E-state index contributed by atoms with van der Waals surface area (Å²) in [5.41, 5.74) is 2.41. The first-order chi connectivity index (χ1) is 9.77. The van der Waals surface area contributed by atoms with Gasteiger partial charge in [-0.3, -0.25) is 4.79 Å². The molecule has 0 aliphatic carbocycles. The van der Waals surface area contributed by atoms with Gasteiger partial charge in [0.1, 0.15) is 0 Å². The lowest BCUT2D eigenvalue weighted by atomic mass is 10.2. The van der Waals surface area contributed by atoms with Gasteiger partial charge in [0, 0.05) is 27.6 Å². The van der Waals surface area contributed by atoms with Crippen molar-refractivity contribution < 1.29 is 9.90 Å². The van der Waals surface area contributed by atoms with E-state index >= 15 is 0 Å². The summed E-state index contributed by atoms with van der Waals surface area (Å²) in [6.07, 6.45) is 0.210. The summed E-state index contributed by atoms with van der Waals surface area (Å²) < 4.78 is 2.26. The van der Waals surface area contributed by atoms with E-state index in [0.717, 1.165) is 5.88 Å². The van der Waals surface area contributed by atoms with Gasteiger partial charge in [-0.05, 0) is 12.1 Å². The van der Waals surface area contributed by atoms with Crippen LogP contribution in [0.5, 0.6) is 0 Å². The number of para-hydroxylation sites is 2. The van der Waals surface area contributed by atoms with E-state index in [0.29, 0.717) is 5.75 Å². The van der Waals surface area contributed by atoms with Crippen molar-refractivity contribution in [2.75, 3.05) is 5.75 Å². The predicted octanol–water partition coefficient (Wildman–Crippen LogP) is 3.96. The molecule has 0 saturated heterocycles. The van der Waals surface area contributed by atoms with Crippen LogP contribution in [0, 0.1) is 0 Å². The van der Waals surface area contributed by atoms with Crippen molar-refractivity contribution in [3.63, 3.8) is 0 Å². The number of carbonyl (C=O) groups is 1. The molecule has 3 nitrogen and oxygen atoms in total. The van der Waals surface area contributed by atoms with Gasteiger partial charge in [-0.25, -0.2) is 0 Å². The van der Waals surface area contributed by atoms with Gasteiger partial charge in [0.05, 0.1) is 12.3 Å². The zero-order valence-corrected chi connectivity index (χ0v) is 11.8. The Balaban J connectivity index is 1.97. The van der Waals surface area contributed by atoms with Crippen LogP contribution in [0.1, 0.15) is 6.42 Å². The van der Waals surface area contributed by atoms with Gasteiger partial charge in [-0.15, -0.1) is 11.8 Å². The number of thioether (sulfide) groups is 1. The third kappa shape index (κ3) is 2.39. The molecule has 0 saturated carbocycles. The van der Waals surface area contributed by atoms with Crippen molar-refractivity contribution in [1.82, 2.24) is 4.57 Å². The molecule has 0 unspecified atom stereocenters. The number of hydrogen-bond acceptors (Lipinski definition) is 2. The van der Waals surface area contributed by atoms with Gasteiger partial charge in [0.2, 0.25) is 0 Å². The first-order valence-corrected chi connectivity index (χ1v) is 7.68. The second kappa shape index (κ2) is 5.59. The molecule has 0 amide bonds. The summed E-state index contributed by atoms with van der Waals surface area (Å²) in [5, 5.41) is 11.2. The van der Waals surface area contributed by atoms with Crippen molar-refractivity contribution in [3.05, 3.63) is 48.5 Å². The normalized spacial score (nSPS) is 11.2. The maximum Gasteiger partial charge on any atom is 0.304 e. The first kappa shape index (κ1) is 13.1. The van der Waals surface area contributed by atoms with Crippen LogP contribution in [0.25, 0.3) is 21.8 Å². The van der Waals surface area contributed by atoms with E-state index in [1.807, 2.05) is 12.1 Å². The van der Waals surface area contributed by atoms with Crippen LogP contribution in [0.15, 0.2) is 48.5 Å². The fraction of sp³-hybridized carbons (Fsp3) is 0.188. The highest BCUT2D eigenvalue weighted by Crippen LogP contribution is 2.29. The second-order valence-electron chi connectivity index (χ2n) is 4.64. The van der Waals surface area contributed by atoms with Gasteiger partial charge in [0.15, 0.2) is 0 Å². The first-order valence-electron chi connectivity index (χ1n) is 6.53. The Morgan fingerprint density at radius 1 is 1.00 bits per heavy atom. The van der Waals surface area contributed by atoms with Crippen LogP contribution in [0.3, 0.4) is 0 Å². The van der Waals surface area contributed by atoms with Crippen LogP contribution in [0.4, 0.5) is 0 Å². The molecule has 0 spiro atoms. The third-order valence-electron chi connectivity index (χ3n) is 3.36.